The first-order valence-corrected chi connectivity index (χ1v) is 5.34. The van der Waals surface area contributed by atoms with Crippen LogP contribution in [0.4, 0.5) is 11.4 Å². The Labute approximate surface area is 96.4 Å². The Hall–Kier alpha value is -2.02. The summed E-state index contributed by atoms with van der Waals surface area (Å²) >= 11 is 0. The summed E-state index contributed by atoms with van der Waals surface area (Å²) in [5.41, 5.74) is 4.46. The molecule has 2 aromatic rings. The largest absolute Gasteiger partial charge is 0.356 e. The molecule has 2 rings (SSSR count). The Kier molecular flexibility index (Phi) is 3.06. The van der Waals surface area contributed by atoms with Crippen molar-refractivity contribution in [3.05, 3.63) is 66.7 Å². The van der Waals surface area contributed by atoms with E-state index >= 15 is 0 Å². The molecular formula is C15H15N. The molecule has 0 aliphatic heterocycles. The second kappa shape index (κ2) is 4.67. The van der Waals surface area contributed by atoms with Crippen LogP contribution in [-0.2, 0) is 0 Å². The Morgan fingerprint density at radius 3 is 2.00 bits per heavy atom. The first kappa shape index (κ1) is 10.5. The Morgan fingerprint density at radius 2 is 1.44 bits per heavy atom. The molecule has 0 aliphatic rings. The maximum atomic E-state index is 3.92. The Balaban J connectivity index is 2.14. The van der Waals surface area contributed by atoms with Crippen LogP contribution in [-0.4, -0.2) is 0 Å². The molecule has 0 aliphatic carbocycles. The number of allylic oxidation sites excluding steroid dienone is 1. The van der Waals surface area contributed by atoms with Gasteiger partial charge in [0.25, 0.3) is 0 Å². The van der Waals surface area contributed by atoms with Crippen molar-refractivity contribution in [1.29, 1.82) is 0 Å². The van der Waals surface area contributed by atoms with Crippen LogP contribution in [0, 0.1) is 0 Å². The highest BCUT2D eigenvalue weighted by atomic mass is 14.9. The van der Waals surface area contributed by atoms with Gasteiger partial charge in [-0.05, 0) is 36.8 Å². The molecule has 0 fully saturated rings. The van der Waals surface area contributed by atoms with Crippen molar-refractivity contribution < 1.29 is 0 Å². The van der Waals surface area contributed by atoms with Crippen LogP contribution < -0.4 is 5.32 Å². The van der Waals surface area contributed by atoms with Crippen LogP contribution >= 0.6 is 0 Å². The second-order valence-electron chi connectivity index (χ2n) is 3.85. The van der Waals surface area contributed by atoms with E-state index in [4.69, 9.17) is 0 Å². The van der Waals surface area contributed by atoms with Gasteiger partial charge in [0, 0.05) is 11.4 Å². The van der Waals surface area contributed by atoms with Crippen LogP contribution in [0.1, 0.15) is 12.5 Å². The van der Waals surface area contributed by atoms with Crippen molar-refractivity contribution in [2.24, 2.45) is 0 Å². The van der Waals surface area contributed by atoms with E-state index in [-0.39, 0.29) is 0 Å². The standard InChI is InChI=1S/C15H15N/c1-12(2)13-8-10-15(11-9-13)16-14-6-4-3-5-7-14/h3-11,16H,1H2,2H3. The molecule has 0 heterocycles. The number of para-hydroxylation sites is 1. The van der Waals surface area contributed by atoms with E-state index in [1.807, 2.05) is 37.3 Å². The molecule has 2 aromatic carbocycles. The summed E-state index contributed by atoms with van der Waals surface area (Å²) in [4.78, 5) is 0. The van der Waals surface area contributed by atoms with Gasteiger partial charge < -0.3 is 5.32 Å². The maximum absolute atomic E-state index is 3.92. The molecule has 16 heavy (non-hydrogen) atoms. The third-order valence-corrected chi connectivity index (χ3v) is 2.44. The van der Waals surface area contributed by atoms with Crippen molar-refractivity contribution in [1.82, 2.24) is 0 Å². The molecule has 1 N–H and O–H groups in total. The highest BCUT2D eigenvalue weighted by molar-refractivity contribution is 5.66. The van der Waals surface area contributed by atoms with E-state index in [1.165, 1.54) is 5.56 Å². The number of anilines is 2. The SMILES string of the molecule is C=C(C)c1ccc(Nc2ccccc2)cc1. The highest BCUT2D eigenvalue weighted by Gasteiger charge is 1.95. The minimum Gasteiger partial charge on any atom is -0.356 e. The van der Waals surface area contributed by atoms with Crippen molar-refractivity contribution in [3.63, 3.8) is 0 Å². The third kappa shape index (κ3) is 2.51. The molecule has 1 heteroatoms. The van der Waals surface area contributed by atoms with Crippen molar-refractivity contribution in [2.75, 3.05) is 5.32 Å². The van der Waals surface area contributed by atoms with Crippen LogP contribution in [0.2, 0.25) is 0 Å². The monoisotopic (exact) mass is 209 g/mol. The van der Waals surface area contributed by atoms with Gasteiger partial charge in [0.1, 0.15) is 0 Å². The first-order valence-electron chi connectivity index (χ1n) is 5.34. The molecule has 0 amide bonds. The topological polar surface area (TPSA) is 12.0 Å². The molecule has 0 unspecified atom stereocenters. The molecular weight excluding hydrogens is 194 g/mol. The zero-order valence-corrected chi connectivity index (χ0v) is 9.40. The van der Waals surface area contributed by atoms with Gasteiger partial charge in [-0.2, -0.15) is 0 Å². The smallest absolute Gasteiger partial charge is 0.0384 e. The lowest BCUT2D eigenvalue weighted by Crippen LogP contribution is -1.89. The summed E-state index contributed by atoms with van der Waals surface area (Å²) in [6.07, 6.45) is 0. The van der Waals surface area contributed by atoms with Crippen molar-refractivity contribution in [2.45, 2.75) is 6.92 Å². The summed E-state index contributed by atoms with van der Waals surface area (Å²) in [5, 5.41) is 3.34. The summed E-state index contributed by atoms with van der Waals surface area (Å²) in [6.45, 7) is 5.93. The molecule has 80 valence electrons. The normalized spacial score (nSPS) is 9.81. The maximum Gasteiger partial charge on any atom is 0.0384 e. The van der Waals surface area contributed by atoms with E-state index in [0.29, 0.717) is 0 Å². The van der Waals surface area contributed by atoms with Gasteiger partial charge >= 0.3 is 0 Å². The van der Waals surface area contributed by atoms with Crippen LogP contribution in [0.5, 0.6) is 0 Å². The van der Waals surface area contributed by atoms with Gasteiger partial charge in [0.15, 0.2) is 0 Å². The summed E-state index contributed by atoms with van der Waals surface area (Å²) in [5.74, 6) is 0. The number of nitrogens with one attached hydrogen (secondary N) is 1. The molecule has 0 saturated heterocycles. The molecule has 0 aromatic heterocycles. The van der Waals surface area contributed by atoms with Crippen molar-refractivity contribution in [3.8, 4) is 0 Å². The predicted molar refractivity (Wildman–Crippen MR) is 70.9 cm³/mol. The fraction of sp³-hybridized carbons (Fsp3) is 0.0667. The van der Waals surface area contributed by atoms with E-state index < -0.39 is 0 Å². The van der Waals surface area contributed by atoms with E-state index in [9.17, 15) is 0 Å². The molecule has 0 spiro atoms. The number of hydrogen-bond acceptors (Lipinski definition) is 1. The van der Waals surface area contributed by atoms with Gasteiger partial charge in [0.05, 0.1) is 0 Å². The molecule has 1 nitrogen and oxygen atoms in total. The lowest BCUT2D eigenvalue weighted by Gasteiger charge is -2.07. The van der Waals surface area contributed by atoms with Gasteiger partial charge in [-0.3, -0.25) is 0 Å². The average Bonchev–Trinajstić information content (AvgIpc) is 2.31. The quantitative estimate of drug-likeness (QED) is 0.786. The Bertz CT molecular complexity index is 469. The Morgan fingerprint density at radius 1 is 0.875 bits per heavy atom. The second-order valence-corrected chi connectivity index (χ2v) is 3.85. The van der Waals surface area contributed by atoms with E-state index in [0.717, 1.165) is 16.9 Å². The summed E-state index contributed by atoms with van der Waals surface area (Å²) in [6, 6.07) is 18.4. The van der Waals surface area contributed by atoms with Crippen LogP contribution in [0.15, 0.2) is 61.2 Å². The number of benzene rings is 2. The first-order chi connectivity index (χ1) is 7.75. The average molecular weight is 209 g/mol. The predicted octanol–water partition coefficient (Wildman–Crippen LogP) is 4.46. The van der Waals surface area contributed by atoms with Gasteiger partial charge in [-0.25, -0.2) is 0 Å². The van der Waals surface area contributed by atoms with Gasteiger partial charge in [-0.1, -0.05) is 42.5 Å². The van der Waals surface area contributed by atoms with E-state index in [2.05, 4.69) is 36.2 Å². The number of rotatable bonds is 3. The molecule has 0 bridgehead atoms. The van der Waals surface area contributed by atoms with Gasteiger partial charge in [-0.15, -0.1) is 0 Å². The summed E-state index contributed by atoms with van der Waals surface area (Å²) < 4.78 is 0. The van der Waals surface area contributed by atoms with Crippen LogP contribution in [0.3, 0.4) is 0 Å². The third-order valence-electron chi connectivity index (χ3n) is 2.44. The molecule has 0 radical (unpaired) electrons. The summed E-state index contributed by atoms with van der Waals surface area (Å²) in [7, 11) is 0. The minimum atomic E-state index is 1.09. The highest BCUT2D eigenvalue weighted by Crippen LogP contribution is 2.19. The lowest BCUT2D eigenvalue weighted by molar-refractivity contribution is 1.52. The molecule has 0 saturated carbocycles. The van der Waals surface area contributed by atoms with Gasteiger partial charge in [0.2, 0.25) is 0 Å². The van der Waals surface area contributed by atoms with E-state index in [1.54, 1.807) is 0 Å². The van der Waals surface area contributed by atoms with Crippen molar-refractivity contribution >= 4 is 16.9 Å². The fourth-order valence-corrected chi connectivity index (χ4v) is 1.53. The zero-order chi connectivity index (χ0) is 11.4. The number of hydrogen-bond donors (Lipinski definition) is 1. The fourth-order valence-electron chi connectivity index (χ4n) is 1.53. The lowest BCUT2D eigenvalue weighted by atomic mass is 10.1. The molecule has 0 atom stereocenters. The zero-order valence-electron chi connectivity index (χ0n) is 9.40. The van der Waals surface area contributed by atoms with Crippen LogP contribution in [0.25, 0.3) is 5.57 Å². The minimum absolute atomic E-state index is 1.09.